The fourth-order valence-electron chi connectivity index (χ4n) is 3.98. The highest BCUT2D eigenvalue weighted by atomic mass is 79.9. The van der Waals surface area contributed by atoms with E-state index < -0.39 is 29.5 Å². The lowest BCUT2D eigenvalue weighted by atomic mass is 9.88. The Morgan fingerprint density at radius 1 is 1.03 bits per heavy atom. The van der Waals surface area contributed by atoms with Gasteiger partial charge in [0.05, 0.1) is 32.9 Å². The van der Waals surface area contributed by atoms with Crippen LogP contribution in [0.5, 0.6) is 11.5 Å². The Morgan fingerprint density at radius 2 is 1.73 bits per heavy atom. The maximum Gasteiger partial charge on any atom is 0.264 e. The summed E-state index contributed by atoms with van der Waals surface area (Å²) in [5.74, 6) is -0.484. The number of rotatable bonds is 7. The molecule has 0 fully saturated rings. The van der Waals surface area contributed by atoms with E-state index in [0.29, 0.717) is 27.2 Å². The zero-order chi connectivity index (χ0) is 23.8. The van der Waals surface area contributed by atoms with Crippen molar-refractivity contribution in [1.29, 1.82) is 0 Å². The van der Waals surface area contributed by atoms with Crippen LogP contribution in [0.15, 0.2) is 65.1 Å². The van der Waals surface area contributed by atoms with Gasteiger partial charge < -0.3 is 19.5 Å². The van der Waals surface area contributed by atoms with Gasteiger partial charge in [-0.15, -0.1) is 0 Å². The van der Waals surface area contributed by atoms with E-state index in [1.807, 2.05) is 0 Å². The molecule has 3 aromatic rings. The second-order valence-corrected chi connectivity index (χ2v) is 8.62. The molecule has 1 amide bonds. The third-order valence-electron chi connectivity index (χ3n) is 5.67. The fourth-order valence-corrected chi connectivity index (χ4v) is 4.34. The topological polar surface area (TPSA) is 76.1 Å². The fraction of sp³-hybridized carbons (Fsp3) is 0.200. The van der Waals surface area contributed by atoms with E-state index in [9.17, 15) is 19.1 Å². The Bertz CT molecular complexity index is 1230. The van der Waals surface area contributed by atoms with E-state index in [1.165, 1.54) is 43.4 Å². The standard InChI is InChI=1S/C25H21BrFNO5/c1-32-22-10-3-15(11-23(22)33-2)14-28-20-9-6-17(26)12-19(20)25(31,24(28)30)13-21(29)16-4-7-18(27)8-5-16/h3-12,31H,13-14H2,1-2H3. The molecule has 0 radical (unpaired) electrons. The molecule has 1 atom stereocenters. The van der Waals surface area contributed by atoms with Crippen LogP contribution >= 0.6 is 15.9 Å². The maximum atomic E-state index is 13.5. The van der Waals surface area contributed by atoms with Crippen LogP contribution in [0.25, 0.3) is 0 Å². The molecule has 33 heavy (non-hydrogen) atoms. The Balaban J connectivity index is 1.69. The van der Waals surface area contributed by atoms with Crippen LogP contribution in [0.4, 0.5) is 10.1 Å². The predicted molar refractivity (Wildman–Crippen MR) is 124 cm³/mol. The molecule has 0 aromatic heterocycles. The number of methoxy groups -OCH3 is 2. The molecule has 8 heteroatoms. The normalized spacial score (nSPS) is 17.1. The van der Waals surface area contributed by atoms with Gasteiger partial charge in [-0.05, 0) is 60.2 Å². The number of ketones is 1. The monoisotopic (exact) mass is 513 g/mol. The molecule has 0 spiro atoms. The number of ether oxygens (including phenoxy) is 2. The molecule has 6 nitrogen and oxygen atoms in total. The van der Waals surface area contributed by atoms with Crippen molar-refractivity contribution in [3.63, 3.8) is 0 Å². The first-order valence-electron chi connectivity index (χ1n) is 10.1. The molecule has 3 aromatic carbocycles. The second-order valence-electron chi connectivity index (χ2n) is 7.71. The number of hydrogen-bond donors (Lipinski definition) is 1. The minimum absolute atomic E-state index is 0.154. The number of benzene rings is 3. The number of amides is 1. The predicted octanol–water partition coefficient (Wildman–Crippen LogP) is 4.61. The SMILES string of the molecule is COc1ccc(CN2C(=O)C(O)(CC(=O)c3ccc(F)cc3)c3cc(Br)ccc32)cc1OC. The van der Waals surface area contributed by atoms with Crippen molar-refractivity contribution in [2.24, 2.45) is 0 Å². The molecular formula is C25H21BrFNO5. The van der Waals surface area contributed by atoms with Crippen molar-refractivity contribution in [3.8, 4) is 11.5 Å². The van der Waals surface area contributed by atoms with E-state index >= 15 is 0 Å². The minimum Gasteiger partial charge on any atom is -0.493 e. The van der Waals surface area contributed by atoms with Crippen molar-refractivity contribution in [1.82, 2.24) is 0 Å². The number of carbonyl (C=O) groups is 2. The van der Waals surface area contributed by atoms with Crippen LogP contribution in [0, 0.1) is 5.82 Å². The highest BCUT2D eigenvalue weighted by molar-refractivity contribution is 9.10. The van der Waals surface area contributed by atoms with Crippen molar-refractivity contribution in [3.05, 3.63) is 87.6 Å². The van der Waals surface area contributed by atoms with Gasteiger partial charge >= 0.3 is 0 Å². The van der Waals surface area contributed by atoms with Crippen molar-refractivity contribution in [2.45, 2.75) is 18.6 Å². The smallest absolute Gasteiger partial charge is 0.264 e. The van der Waals surface area contributed by atoms with Crippen molar-refractivity contribution >= 4 is 33.3 Å². The van der Waals surface area contributed by atoms with Crippen LogP contribution < -0.4 is 14.4 Å². The van der Waals surface area contributed by atoms with E-state index in [1.54, 1.807) is 36.4 Å². The zero-order valence-electron chi connectivity index (χ0n) is 18.0. The van der Waals surface area contributed by atoms with Gasteiger partial charge in [-0.25, -0.2) is 4.39 Å². The quantitative estimate of drug-likeness (QED) is 0.466. The van der Waals surface area contributed by atoms with Gasteiger partial charge in [0.15, 0.2) is 22.9 Å². The lowest BCUT2D eigenvalue weighted by Gasteiger charge is -2.23. The van der Waals surface area contributed by atoms with Crippen LogP contribution in [0.1, 0.15) is 27.9 Å². The first-order chi connectivity index (χ1) is 15.8. The number of aliphatic hydroxyl groups is 1. The van der Waals surface area contributed by atoms with Gasteiger partial charge in [0.2, 0.25) is 0 Å². The van der Waals surface area contributed by atoms with Crippen molar-refractivity contribution < 1.29 is 28.6 Å². The summed E-state index contributed by atoms with van der Waals surface area (Å²) in [4.78, 5) is 27.8. The van der Waals surface area contributed by atoms with E-state index in [2.05, 4.69) is 15.9 Å². The first kappa shape index (κ1) is 22.9. The van der Waals surface area contributed by atoms with Crippen LogP contribution in [-0.2, 0) is 16.9 Å². The summed E-state index contributed by atoms with van der Waals surface area (Å²) < 4.78 is 24.5. The molecule has 1 N–H and O–H groups in total. The summed E-state index contributed by atoms with van der Waals surface area (Å²) in [6.45, 7) is 0.154. The Hall–Kier alpha value is -3.23. The largest absolute Gasteiger partial charge is 0.493 e. The molecule has 170 valence electrons. The Kier molecular flexibility index (Phi) is 6.23. The Morgan fingerprint density at radius 3 is 2.39 bits per heavy atom. The molecule has 1 heterocycles. The van der Waals surface area contributed by atoms with Gasteiger partial charge in [-0.2, -0.15) is 0 Å². The summed E-state index contributed by atoms with van der Waals surface area (Å²) in [6, 6.07) is 15.4. The van der Waals surface area contributed by atoms with Gasteiger partial charge in [0, 0.05) is 15.6 Å². The number of Topliss-reactive ketones (excluding diaryl/α,β-unsaturated/α-hetero) is 1. The summed E-state index contributed by atoms with van der Waals surface area (Å²) in [6.07, 6.45) is -0.469. The highest BCUT2D eigenvalue weighted by Crippen LogP contribution is 2.45. The lowest BCUT2D eigenvalue weighted by molar-refractivity contribution is -0.136. The number of carbonyl (C=O) groups excluding carboxylic acids is 2. The molecule has 0 bridgehead atoms. The molecule has 0 saturated heterocycles. The lowest BCUT2D eigenvalue weighted by Crippen LogP contribution is -2.41. The number of halogens is 2. The molecular weight excluding hydrogens is 493 g/mol. The molecule has 0 aliphatic carbocycles. The number of nitrogens with zero attached hydrogens (tertiary/aromatic N) is 1. The molecule has 1 unspecified atom stereocenters. The van der Waals surface area contributed by atoms with E-state index in [4.69, 9.17) is 9.47 Å². The number of fused-ring (bicyclic) bond motifs is 1. The number of hydrogen-bond acceptors (Lipinski definition) is 5. The van der Waals surface area contributed by atoms with E-state index in [-0.39, 0.29) is 12.1 Å². The maximum absolute atomic E-state index is 13.5. The zero-order valence-corrected chi connectivity index (χ0v) is 19.6. The van der Waals surface area contributed by atoms with Gasteiger partial charge in [0.1, 0.15) is 5.82 Å². The van der Waals surface area contributed by atoms with Crippen LogP contribution in [-0.4, -0.2) is 31.0 Å². The third kappa shape index (κ3) is 4.24. The third-order valence-corrected chi connectivity index (χ3v) is 6.16. The molecule has 1 aliphatic heterocycles. The van der Waals surface area contributed by atoms with E-state index in [0.717, 1.165) is 5.56 Å². The average molecular weight is 514 g/mol. The molecule has 1 aliphatic rings. The number of anilines is 1. The second kappa shape index (κ2) is 8.96. The molecule has 0 saturated carbocycles. The first-order valence-corrected chi connectivity index (χ1v) is 10.9. The Labute approximate surface area is 198 Å². The summed E-state index contributed by atoms with van der Waals surface area (Å²) >= 11 is 3.38. The van der Waals surface area contributed by atoms with Gasteiger partial charge in [-0.3, -0.25) is 9.59 Å². The average Bonchev–Trinajstić information content (AvgIpc) is 3.00. The summed E-state index contributed by atoms with van der Waals surface area (Å²) in [5.41, 5.74) is -0.247. The van der Waals surface area contributed by atoms with Crippen molar-refractivity contribution in [2.75, 3.05) is 19.1 Å². The summed E-state index contributed by atoms with van der Waals surface area (Å²) in [5, 5.41) is 11.5. The summed E-state index contributed by atoms with van der Waals surface area (Å²) in [7, 11) is 3.06. The van der Waals surface area contributed by atoms with Gasteiger partial charge in [0.25, 0.3) is 5.91 Å². The van der Waals surface area contributed by atoms with Crippen LogP contribution in [0.2, 0.25) is 0 Å². The highest BCUT2D eigenvalue weighted by Gasteiger charge is 2.51. The molecule has 4 rings (SSSR count). The van der Waals surface area contributed by atoms with Gasteiger partial charge in [-0.1, -0.05) is 22.0 Å². The van der Waals surface area contributed by atoms with Crippen LogP contribution in [0.3, 0.4) is 0 Å². The minimum atomic E-state index is -2.05.